The number of carboxylic acid groups (broad SMARTS) is 2. The minimum atomic E-state index is -1.18. The molecule has 2 rings (SSSR count). The van der Waals surface area contributed by atoms with Gasteiger partial charge in [0.15, 0.2) is 18.1 Å². The summed E-state index contributed by atoms with van der Waals surface area (Å²) in [6.45, 7) is -1.11. The molecule has 0 radical (unpaired) electrons. The van der Waals surface area contributed by atoms with Crippen LogP contribution in [-0.2, 0) is 14.4 Å². The predicted molar refractivity (Wildman–Crippen MR) is 93.6 cm³/mol. The Morgan fingerprint density at radius 2 is 2.04 bits per heavy atom. The number of thiocarbonyl (C=S) groups is 1. The van der Waals surface area contributed by atoms with Gasteiger partial charge < -0.3 is 19.7 Å². The summed E-state index contributed by atoms with van der Waals surface area (Å²) in [5.41, 5.74) is 0.413. The molecule has 1 aromatic carbocycles. The minimum Gasteiger partial charge on any atom is -0.493 e. The van der Waals surface area contributed by atoms with Crippen molar-refractivity contribution in [3.63, 3.8) is 0 Å². The molecule has 0 unspecified atom stereocenters. The fourth-order valence-corrected chi connectivity index (χ4v) is 3.25. The summed E-state index contributed by atoms with van der Waals surface area (Å²) in [5, 5.41) is 17.6. The van der Waals surface area contributed by atoms with Gasteiger partial charge in [-0.1, -0.05) is 36.1 Å². The SMILES string of the molecule is COc1cccc(C=C2SC(=S)N(CC(=O)O)C2=O)c1OCC(=O)O. The summed E-state index contributed by atoms with van der Waals surface area (Å²) in [6, 6.07) is 4.85. The Bertz CT molecular complexity index is 775. The molecule has 0 bridgehead atoms. The quantitative estimate of drug-likeness (QED) is 0.533. The lowest BCUT2D eigenvalue weighted by Gasteiger charge is -2.12. The second kappa shape index (κ2) is 7.99. The maximum Gasteiger partial charge on any atom is 0.341 e. The molecule has 1 aromatic rings. The van der Waals surface area contributed by atoms with Crippen LogP contribution >= 0.6 is 24.0 Å². The zero-order valence-corrected chi connectivity index (χ0v) is 14.6. The van der Waals surface area contributed by atoms with E-state index in [1.807, 2.05) is 0 Å². The number of rotatable bonds is 7. The average Bonchev–Trinajstić information content (AvgIpc) is 2.80. The number of benzene rings is 1. The lowest BCUT2D eigenvalue weighted by atomic mass is 10.1. The normalized spacial score (nSPS) is 15.6. The van der Waals surface area contributed by atoms with E-state index in [9.17, 15) is 14.4 Å². The predicted octanol–water partition coefficient (Wildman–Crippen LogP) is 1.44. The van der Waals surface area contributed by atoms with E-state index < -0.39 is 31.0 Å². The van der Waals surface area contributed by atoms with Crippen LogP contribution in [0.1, 0.15) is 5.56 Å². The molecule has 132 valence electrons. The van der Waals surface area contributed by atoms with Gasteiger partial charge in [-0.3, -0.25) is 14.5 Å². The van der Waals surface area contributed by atoms with Gasteiger partial charge in [-0.15, -0.1) is 0 Å². The van der Waals surface area contributed by atoms with E-state index in [2.05, 4.69) is 0 Å². The highest BCUT2D eigenvalue weighted by Crippen LogP contribution is 2.37. The van der Waals surface area contributed by atoms with E-state index in [1.54, 1.807) is 18.2 Å². The van der Waals surface area contributed by atoms with Crippen molar-refractivity contribution in [3.05, 3.63) is 28.7 Å². The first-order valence-corrected chi connectivity index (χ1v) is 8.04. The van der Waals surface area contributed by atoms with Crippen LogP contribution in [0.3, 0.4) is 0 Å². The number of carboxylic acids is 2. The van der Waals surface area contributed by atoms with E-state index in [4.69, 9.17) is 31.9 Å². The monoisotopic (exact) mass is 383 g/mol. The highest BCUT2D eigenvalue weighted by molar-refractivity contribution is 8.26. The van der Waals surface area contributed by atoms with Crippen molar-refractivity contribution >= 4 is 52.2 Å². The number of hydrogen-bond donors (Lipinski definition) is 2. The molecule has 1 amide bonds. The average molecular weight is 383 g/mol. The Kier molecular flexibility index (Phi) is 5.99. The number of thioether (sulfide) groups is 1. The molecule has 1 saturated heterocycles. The largest absolute Gasteiger partial charge is 0.493 e. The first-order valence-electron chi connectivity index (χ1n) is 6.82. The number of carbonyl (C=O) groups is 3. The number of nitrogens with zero attached hydrogens (tertiary/aromatic N) is 1. The van der Waals surface area contributed by atoms with Crippen LogP contribution in [0.15, 0.2) is 23.1 Å². The van der Waals surface area contributed by atoms with Gasteiger partial charge in [0, 0.05) is 5.56 Å². The minimum absolute atomic E-state index is 0.134. The zero-order valence-electron chi connectivity index (χ0n) is 12.9. The van der Waals surface area contributed by atoms with Crippen molar-refractivity contribution in [3.8, 4) is 11.5 Å². The van der Waals surface area contributed by atoms with Crippen molar-refractivity contribution in [2.24, 2.45) is 0 Å². The summed E-state index contributed by atoms with van der Waals surface area (Å²) in [4.78, 5) is 35.1. The lowest BCUT2D eigenvalue weighted by Crippen LogP contribution is -2.33. The molecule has 2 N–H and O–H groups in total. The van der Waals surface area contributed by atoms with Gasteiger partial charge in [0.2, 0.25) is 0 Å². The summed E-state index contributed by atoms with van der Waals surface area (Å²) < 4.78 is 10.5. The molecule has 10 heteroatoms. The molecule has 0 aliphatic carbocycles. The van der Waals surface area contributed by atoms with Crippen molar-refractivity contribution in [2.45, 2.75) is 0 Å². The fraction of sp³-hybridized carbons (Fsp3) is 0.200. The maximum absolute atomic E-state index is 12.3. The number of aliphatic carboxylic acids is 2. The first-order chi connectivity index (χ1) is 11.8. The topological polar surface area (TPSA) is 113 Å². The van der Waals surface area contributed by atoms with Crippen molar-refractivity contribution in [2.75, 3.05) is 20.3 Å². The fourth-order valence-electron chi connectivity index (χ4n) is 2.01. The number of carbonyl (C=O) groups excluding carboxylic acids is 1. The number of amides is 1. The standard InChI is InChI=1S/C15H13NO7S2/c1-22-9-4-2-3-8(13(9)23-7-12(19)20)5-10-14(21)16(6-11(17)18)15(24)25-10/h2-5H,6-7H2,1H3,(H,17,18)(H,19,20). The third kappa shape index (κ3) is 4.48. The lowest BCUT2D eigenvalue weighted by molar-refractivity contribution is -0.140. The molecular formula is C15H13NO7S2. The van der Waals surface area contributed by atoms with E-state index >= 15 is 0 Å². The Morgan fingerprint density at radius 1 is 1.32 bits per heavy atom. The molecule has 25 heavy (non-hydrogen) atoms. The highest BCUT2D eigenvalue weighted by atomic mass is 32.2. The Morgan fingerprint density at radius 3 is 2.64 bits per heavy atom. The Hall–Kier alpha value is -2.59. The van der Waals surface area contributed by atoms with Gasteiger partial charge in [0.05, 0.1) is 12.0 Å². The van der Waals surface area contributed by atoms with E-state index in [-0.39, 0.29) is 15.0 Å². The molecule has 1 heterocycles. The van der Waals surface area contributed by atoms with E-state index in [0.717, 1.165) is 16.7 Å². The number of para-hydroxylation sites is 1. The van der Waals surface area contributed by atoms with Gasteiger partial charge in [0.1, 0.15) is 10.9 Å². The van der Waals surface area contributed by atoms with Gasteiger partial charge in [-0.2, -0.15) is 0 Å². The van der Waals surface area contributed by atoms with Crippen LogP contribution in [0.4, 0.5) is 0 Å². The van der Waals surface area contributed by atoms with Crippen molar-refractivity contribution < 1.29 is 34.1 Å². The molecule has 1 aliphatic rings. The molecule has 1 fully saturated rings. The molecule has 8 nitrogen and oxygen atoms in total. The number of ether oxygens (including phenoxy) is 2. The summed E-state index contributed by atoms with van der Waals surface area (Å²) >= 11 is 5.98. The number of hydrogen-bond acceptors (Lipinski definition) is 7. The van der Waals surface area contributed by atoms with Gasteiger partial charge in [0.25, 0.3) is 5.91 Å². The molecular weight excluding hydrogens is 370 g/mol. The van der Waals surface area contributed by atoms with Gasteiger partial charge >= 0.3 is 11.9 Å². The van der Waals surface area contributed by atoms with E-state index in [1.165, 1.54) is 13.2 Å². The molecule has 0 atom stereocenters. The first kappa shape index (κ1) is 18.7. The maximum atomic E-state index is 12.3. The summed E-state index contributed by atoms with van der Waals surface area (Å²) in [6.07, 6.45) is 1.46. The van der Waals surface area contributed by atoms with Crippen LogP contribution in [0.25, 0.3) is 6.08 Å². The summed E-state index contributed by atoms with van der Waals surface area (Å²) in [7, 11) is 1.40. The molecule has 0 spiro atoms. The smallest absolute Gasteiger partial charge is 0.341 e. The van der Waals surface area contributed by atoms with Crippen LogP contribution in [0.5, 0.6) is 11.5 Å². The molecule has 0 saturated carbocycles. The second-order valence-electron chi connectivity index (χ2n) is 4.72. The Labute approximate surface area is 152 Å². The molecule has 1 aliphatic heterocycles. The van der Waals surface area contributed by atoms with Gasteiger partial charge in [-0.25, -0.2) is 4.79 Å². The van der Waals surface area contributed by atoms with E-state index in [0.29, 0.717) is 11.3 Å². The van der Waals surface area contributed by atoms with Crippen LogP contribution in [0.2, 0.25) is 0 Å². The van der Waals surface area contributed by atoms with Gasteiger partial charge in [-0.05, 0) is 12.1 Å². The third-order valence-corrected chi connectivity index (χ3v) is 4.40. The summed E-state index contributed by atoms with van der Waals surface area (Å²) in [5.74, 6) is -2.41. The number of methoxy groups -OCH3 is 1. The van der Waals surface area contributed by atoms with Crippen LogP contribution in [0, 0.1) is 0 Å². The van der Waals surface area contributed by atoms with Crippen molar-refractivity contribution in [1.82, 2.24) is 4.90 Å². The Balaban J connectivity index is 2.37. The zero-order chi connectivity index (χ0) is 18.6. The van der Waals surface area contributed by atoms with Crippen molar-refractivity contribution in [1.29, 1.82) is 0 Å². The van der Waals surface area contributed by atoms with Crippen LogP contribution in [-0.4, -0.2) is 57.5 Å². The highest BCUT2D eigenvalue weighted by Gasteiger charge is 2.33. The molecule has 0 aromatic heterocycles. The third-order valence-electron chi connectivity index (χ3n) is 3.02. The second-order valence-corrected chi connectivity index (χ2v) is 6.40. The van der Waals surface area contributed by atoms with Crippen LogP contribution < -0.4 is 9.47 Å².